The van der Waals surface area contributed by atoms with Gasteiger partial charge in [-0.05, 0) is 25.5 Å². The standard InChI is InChI=1S/C16H20FN3O3/c1-11-18-16(23-19-11)15-9-14(21-2)10-20(15)6-7-22-13-5-3-4-12(17)8-13/h3-5,8,14-15H,6-7,9-10H2,1-2H3/t14-,15-/m1/s1. The first kappa shape index (κ1) is 15.9. The molecule has 2 atom stereocenters. The first-order valence-corrected chi connectivity index (χ1v) is 7.61. The number of likely N-dealkylation sites (tertiary alicyclic amines) is 1. The van der Waals surface area contributed by atoms with Gasteiger partial charge in [0, 0.05) is 26.3 Å². The number of benzene rings is 1. The van der Waals surface area contributed by atoms with Crippen molar-refractivity contribution in [2.75, 3.05) is 26.8 Å². The van der Waals surface area contributed by atoms with Gasteiger partial charge in [0.05, 0.1) is 12.1 Å². The summed E-state index contributed by atoms with van der Waals surface area (Å²) in [5, 5.41) is 3.86. The predicted molar refractivity (Wildman–Crippen MR) is 80.7 cm³/mol. The van der Waals surface area contributed by atoms with Crippen molar-refractivity contribution in [1.82, 2.24) is 15.0 Å². The van der Waals surface area contributed by atoms with E-state index in [2.05, 4.69) is 15.0 Å². The molecule has 0 bridgehead atoms. The highest BCUT2D eigenvalue weighted by atomic mass is 19.1. The quantitative estimate of drug-likeness (QED) is 0.814. The second kappa shape index (κ2) is 7.06. The Morgan fingerprint density at radius 3 is 3.00 bits per heavy atom. The lowest BCUT2D eigenvalue weighted by atomic mass is 10.2. The summed E-state index contributed by atoms with van der Waals surface area (Å²) < 4.78 is 29.5. The van der Waals surface area contributed by atoms with Crippen LogP contribution in [0.3, 0.4) is 0 Å². The van der Waals surface area contributed by atoms with E-state index in [1.807, 2.05) is 0 Å². The summed E-state index contributed by atoms with van der Waals surface area (Å²) in [6, 6.07) is 6.16. The average Bonchev–Trinajstić information content (AvgIpc) is 3.13. The summed E-state index contributed by atoms with van der Waals surface area (Å²) in [5.74, 6) is 1.45. The predicted octanol–water partition coefficient (Wildman–Crippen LogP) is 2.36. The Kier molecular flexibility index (Phi) is 4.88. The second-order valence-electron chi connectivity index (χ2n) is 5.59. The van der Waals surface area contributed by atoms with Gasteiger partial charge in [-0.15, -0.1) is 0 Å². The number of hydrogen-bond donors (Lipinski definition) is 0. The van der Waals surface area contributed by atoms with E-state index in [9.17, 15) is 4.39 Å². The molecule has 0 spiro atoms. The molecular formula is C16H20FN3O3. The third-order valence-corrected chi connectivity index (χ3v) is 3.97. The number of aryl methyl sites for hydroxylation is 1. The number of rotatable bonds is 6. The van der Waals surface area contributed by atoms with Crippen LogP contribution in [0.25, 0.3) is 0 Å². The first-order valence-electron chi connectivity index (χ1n) is 7.61. The number of halogens is 1. The van der Waals surface area contributed by atoms with E-state index in [-0.39, 0.29) is 18.0 Å². The number of hydrogen-bond acceptors (Lipinski definition) is 6. The van der Waals surface area contributed by atoms with Crippen LogP contribution in [0.1, 0.15) is 24.2 Å². The maximum Gasteiger partial charge on any atom is 0.244 e. The Balaban J connectivity index is 1.60. The molecule has 124 valence electrons. The minimum atomic E-state index is -0.303. The molecule has 3 rings (SSSR count). The molecule has 1 aromatic heterocycles. The van der Waals surface area contributed by atoms with E-state index >= 15 is 0 Å². The maximum atomic E-state index is 13.1. The molecule has 0 radical (unpaired) electrons. The molecule has 7 heteroatoms. The monoisotopic (exact) mass is 321 g/mol. The number of nitrogens with zero attached hydrogens (tertiary/aromatic N) is 3. The average molecular weight is 321 g/mol. The third-order valence-electron chi connectivity index (χ3n) is 3.97. The topological polar surface area (TPSA) is 60.6 Å². The number of methoxy groups -OCH3 is 1. The van der Waals surface area contributed by atoms with Crippen LogP contribution < -0.4 is 4.74 Å². The maximum absolute atomic E-state index is 13.1. The minimum absolute atomic E-state index is 0.0252. The molecule has 0 amide bonds. The Labute approximate surface area is 134 Å². The summed E-state index contributed by atoms with van der Waals surface area (Å²) >= 11 is 0. The van der Waals surface area contributed by atoms with Gasteiger partial charge in [-0.1, -0.05) is 11.2 Å². The van der Waals surface area contributed by atoms with Crippen molar-refractivity contribution in [3.63, 3.8) is 0 Å². The molecule has 6 nitrogen and oxygen atoms in total. The molecule has 1 aliphatic rings. The van der Waals surface area contributed by atoms with E-state index in [1.165, 1.54) is 12.1 Å². The summed E-state index contributed by atoms with van der Waals surface area (Å²) in [7, 11) is 1.70. The Morgan fingerprint density at radius 1 is 1.43 bits per heavy atom. The smallest absolute Gasteiger partial charge is 0.244 e. The fourth-order valence-electron chi connectivity index (χ4n) is 2.82. The Bertz CT molecular complexity index is 649. The van der Waals surface area contributed by atoms with Crippen LogP contribution in [0.5, 0.6) is 5.75 Å². The van der Waals surface area contributed by atoms with Gasteiger partial charge >= 0.3 is 0 Å². The fourth-order valence-corrected chi connectivity index (χ4v) is 2.82. The molecule has 0 saturated carbocycles. The van der Waals surface area contributed by atoms with Crippen LogP contribution in [0.4, 0.5) is 4.39 Å². The second-order valence-corrected chi connectivity index (χ2v) is 5.59. The number of aromatic nitrogens is 2. The van der Waals surface area contributed by atoms with Crippen LogP contribution in [-0.2, 0) is 4.74 Å². The van der Waals surface area contributed by atoms with Crippen molar-refractivity contribution in [3.8, 4) is 5.75 Å². The molecule has 1 aliphatic heterocycles. The highest BCUT2D eigenvalue weighted by molar-refractivity contribution is 5.22. The van der Waals surface area contributed by atoms with Gasteiger partial charge in [0.1, 0.15) is 18.2 Å². The molecule has 0 N–H and O–H groups in total. The van der Waals surface area contributed by atoms with Gasteiger partial charge < -0.3 is 14.0 Å². The highest BCUT2D eigenvalue weighted by Gasteiger charge is 2.36. The van der Waals surface area contributed by atoms with Crippen LogP contribution >= 0.6 is 0 Å². The first-order chi connectivity index (χ1) is 11.2. The Hall–Kier alpha value is -1.99. The van der Waals surface area contributed by atoms with E-state index in [4.69, 9.17) is 14.0 Å². The third kappa shape index (κ3) is 3.86. The molecule has 2 aromatic rings. The zero-order valence-electron chi connectivity index (χ0n) is 13.2. The van der Waals surface area contributed by atoms with E-state index in [0.717, 1.165) is 13.0 Å². The normalized spacial score (nSPS) is 21.7. The number of ether oxygens (including phenoxy) is 2. The van der Waals surface area contributed by atoms with Crippen LogP contribution in [0, 0.1) is 12.7 Å². The van der Waals surface area contributed by atoms with Crippen molar-refractivity contribution in [1.29, 1.82) is 0 Å². The fraction of sp³-hybridized carbons (Fsp3) is 0.500. The van der Waals surface area contributed by atoms with Gasteiger partial charge in [-0.3, -0.25) is 4.90 Å². The highest BCUT2D eigenvalue weighted by Crippen LogP contribution is 2.32. The largest absolute Gasteiger partial charge is 0.492 e. The van der Waals surface area contributed by atoms with E-state index in [1.54, 1.807) is 26.2 Å². The lowest BCUT2D eigenvalue weighted by Crippen LogP contribution is -2.29. The van der Waals surface area contributed by atoms with Gasteiger partial charge in [-0.25, -0.2) is 4.39 Å². The van der Waals surface area contributed by atoms with E-state index in [0.29, 0.717) is 30.6 Å². The van der Waals surface area contributed by atoms with Gasteiger partial charge in [0.25, 0.3) is 0 Å². The zero-order valence-corrected chi connectivity index (χ0v) is 13.2. The SMILES string of the molecule is CO[C@@H]1C[C@H](c2nc(C)no2)N(CCOc2cccc(F)c2)C1. The lowest BCUT2D eigenvalue weighted by Gasteiger charge is -2.21. The molecule has 2 heterocycles. The van der Waals surface area contributed by atoms with E-state index < -0.39 is 0 Å². The van der Waals surface area contributed by atoms with Crippen molar-refractivity contribution in [3.05, 3.63) is 41.8 Å². The molecule has 23 heavy (non-hydrogen) atoms. The lowest BCUT2D eigenvalue weighted by molar-refractivity contribution is 0.105. The molecule has 0 aliphatic carbocycles. The van der Waals surface area contributed by atoms with Crippen LogP contribution in [0.2, 0.25) is 0 Å². The summed E-state index contributed by atoms with van der Waals surface area (Å²) in [5.41, 5.74) is 0. The summed E-state index contributed by atoms with van der Waals surface area (Å²) in [6.45, 7) is 3.69. The molecule has 0 unspecified atom stereocenters. The Morgan fingerprint density at radius 2 is 2.30 bits per heavy atom. The van der Waals surface area contributed by atoms with Gasteiger partial charge in [0.15, 0.2) is 5.82 Å². The molecular weight excluding hydrogens is 301 g/mol. The summed E-state index contributed by atoms with van der Waals surface area (Å²) in [6.07, 6.45) is 0.930. The van der Waals surface area contributed by atoms with Crippen LogP contribution in [-0.4, -0.2) is 48.0 Å². The minimum Gasteiger partial charge on any atom is -0.492 e. The molecule has 1 saturated heterocycles. The molecule has 1 fully saturated rings. The van der Waals surface area contributed by atoms with Crippen molar-refractivity contribution in [2.45, 2.75) is 25.5 Å². The van der Waals surface area contributed by atoms with Crippen molar-refractivity contribution in [2.24, 2.45) is 0 Å². The molecule has 1 aromatic carbocycles. The van der Waals surface area contributed by atoms with Crippen molar-refractivity contribution < 1.29 is 18.4 Å². The zero-order chi connectivity index (χ0) is 16.2. The van der Waals surface area contributed by atoms with Gasteiger partial charge in [-0.2, -0.15) is 4.98 Å². The summed E-state index contributed by atoms with van der Waals surface area (Å²) in [4.78, 5) is 6.52. The van der Waals surface area contributed by atoms with Crippen molar-refractivity contribution >= 4 is 0 Å². The van der Waals surface area contributed by atoms with Gasteiger partial charge in [0.2, 0.25) is 5.89 Å². The van der Waals surface area contributed by atoms with Crippen LogP contribution in [0.15, 0.2) is 28.8 Å².